The van der Waals surface area contributed by atoms with Crippen molar-refractivity contribution in [3.63, 3.8) is 0 Å². The molecule has 7 N–H and O–H groups in total. The van der Waals surface area contributed by atoms with Crippen molar-refractivity contribution in [3.8, 4) is 0 Å². The normalized spacial score (nSPS) is 20.9. The van der Waals surface area contributed by atoms with Crippen LogP contribution in [0, 0.1) is 0 Å². The van der Waals surface area contributed by atoms with Crippen LogP contribution >= 0.6 is 0 Å². The molecule has 2 saturated heterocycles. The number of carbonyl (C=O) groups excluding carboxylic acids is 2. The Balaban J connectivity index is 1.90. The van der Waals surface area contributed by atoms with Crippen molar-refractivity contribution < 1.29 is 29.1 Å². The summed E-state index contributed by atoms with van der Waals surface area (Å²) in [4.78, 5) is 41.9. The summed E-state index contributed by atoms with van der Waals surface area (Å²) in [7, 11) is 0. The fourth-order valence-corrected chi connectivity index (χ4v) is 3.35. The highest BCUT2D eigenvalue weighted by Crippen LogP contribution is 2.16. The summed E-state index contributed by atoms with van der Waals surface area (Å²) in [6, 6.07) is -0.674. The molecule has 2 aliphatic heterocycles. The largest absolute Gasteiger partial charge is 0.478 e. The van der Waals surface area contributed by atoms with Gasteiger partial charge < -0.3 is 20.0 Å². The number of hydrogen-bond acceptors (Lipinski definition) is 9. The summed E-state index contributed by atoms with van der Waals surface area (Å²) in [5, 5.41) is 24.6. The average Bonchev–Trinajstić information content (AvgIpc) is 3.44. The van der Waals surface area contributed by atoms with Crippen molar-refractivity contribution in [3.05, 3.63) is 0 Å². The first-order valence-corrected chi connectivity index (χ1v) is 11.0. The van der Waals surface area contributed by atoms with Crippen molar-refractivity contribution in [1.82, 2.24) is 32.1 Å². The minimum atomic E-state index is -1.95. The Hall–Kier alpha value is -1.99. The number of nitrogens with one attached hydrogen (secondary N) is 6. The summed E-state index contributed by atoms with van der Waals surface area (Å²) >= 11 is 0. The number of alkyl carbamates (subject to hydrolysis) is 1. The molecule has 0 aromatic heterocycles. The smallest absolute Gasteiger partial charge is 0.409 e. The van der Waals surface area contributed by atoms with Gasteiger partial charge >= 0.3 is 12.1 Å². The Morgan fingerprint density at radius 3 is 2.55 bits per heavy atom. The highest BCUT2D eigenvalue weighted by Gasteiger charge is 2.43. The SMILES string of the molecule is CCCCOC(=O)NC(CCCCCNC1NCCN1)(NC(=O)C1CCON1)C(=O)O. The van der Waals surface area contributed by atoms with E-state index in [0.29, 0.717) is 25.9 Å². The summed E-state index contributed by atoms with van der Waals surface area (Å²) in [5.74, 6) is -1.89. The Morgan fingerprint density at radius 1 is 1.13 bits per heavy atom. The highest BCUT2D eigenvalue weighted by atomic mass is 16.7. The number of amides is 2. The van der Waals surface area contributed by atoms with Crippen LogP contribution in [0.15, 0.2) is 0 Å². The standard InChI is InChI=1S/C19H36N6O6/c1-2-3-12-30-18(29)24-19(16(27)28,23-15(26)14-7-13-31-25-14)8-5-4-6-9-20-17-21-10-11-22-17/h14,17,20-22,25H,2-13H2,1H3,(H,23,26)(H,24,29)(H,27,28). The number of unbranched alkanes of at least 4 members (excludes halogenated alkanes) is 3. The summed E-state index contributed by atoms with van der Waals surface area (Å²) in [5.41, 5.74) is 0.603. The van der Waals surface area contributed by atoms with E-state index >= 15 is 0 Å². The molecule has 0 bridgehead atoms. The molecule has 2 amide bonds. The Bertz CT molecular complexity index is 582. The Kier molecular flexibility index (Phi) is 10.9. The lowest BCUT2D eigenvalue weighted by atomic mass is 10.00. The maximum Gasteiger partial charge on any atom is 0.409 e. The van der Waals surface area contributed by atoms with Crippen LogP contribution in [0.4, 0.5) is 4.79 Å². The second-order valence-electron chi connectivity index (χ2n) is 7.73. The topological polar surface area (TPSA) is 162 Å². The number of hydroxylamine groups is 1. The number of hydrogen-bond donors (Lipinski definition) is 7. The predicted octanol–water partition coefficient (Wildman–Crippen LogP) is -0.670. The minimum Gasteiger partial charge on any atom is -0.478 e. The van der Waals surface area contributed by atoms with Crippen LogP contribution in [0.2, 0.25) is 0 Å². The molecular weight excluding hydrogens is 408 g/mol. The van der Waals surface area contributed by atoms with E-state index in [4.69, 9.17) is 9.57 Å². The van der Waals surface area contributed by atoms with Crippen LogP contribution in [0.1, 0.15) is 51.9 Å². The Morgan fingerprint density at radius 2 is 1.90 bits per heavy atom. The zero-order chi connectivity index (χ0) is 22.5. The van der Waals surface area contributed by atoms with Gasteiger partial charge in [-0.1, -0.05) is 19.8 Å². The van der Waals surface area contributed by atoms with Gasteiger partial charge in [-0.3, -0.25) is 26.1 Å². The summed E-state index contributed by atoms with van der Waals surface area (Å²) < 4.78 is 5.07. The van der Waals surface area contributed by atoms with Gasteiger partial charge in [-0.05, 0) is 32.2 Å². The zero-order valence-electron chi connectivity index (χ0n) is 18.1. The first-order valence-electron chi connectivity index (χ1n) is 11.0. The van der Waals surface area contributed by atoms with Gasteiger partial charge in [-0.15, -0.1) is 0 Å². The second kappa shape index (κ2) is 13.4. The molecule has 2 atom stereocenters. The average molecular weight is 445 g/mol. The van der Waals surface area contributed by atoms with E-state index in [-0.39, 0.29) is 19.3 Å². The van der Waals surface area contributed by atoms with Crippen molar-refractivity contribution in [2.24, 2.45) is 0 Å². The lowest BCUT2D eigenvalue weighted by molar-refractivity contribution is -0.150. The number of aliphatic carboxylic acids is 1. The third-order valence-corrected chi connectivity index (χ3v) is 5.20. The van der Waals surface area contributed by atoms with E-state index in [0.717, 1.165) is 38.9 Å². The molecule has 2 rings (SSSR count). The van der Waals surface area contributed by atoms with Crippen LogP contribution in [0.5, 0.6) is 0 Å². The van der Waals surface area contributed by atoms with Gasteiger partial charge in [-0.25, -0.2) is 9.59 Å². The van der Waals surface area contributed by atoms with Crippen molar-refractivity contribution >= 4 is 18.0 Å². The first-order chi connectivity index (χ1) is 15.0. The lowest BCUT2D eigenvalue weighted by Crippen LogP contribution is -2.67. The molecule has 0 aromatic rings. The number of carboxylic acid groups (broad SMARTS) is 1. The molecule has 2 unspecified atom stereocenters. The lowest BCUT2D eigenvalue weighted by Gasteiger charge is -2.32. The molecule has 31 heavy (non-hydrogen) atoms. The maximum absolute atomic E-state index is 12.6. The number of ether oxygens (including phenoxy) is 1. The molecular formula is C19H36N6O6. The van der Waals surface area contributed by atoms with E-state index in [1.54, 1.807) is 0 Å². The quantitative estimate of drug-likeness (QED) is 0.135. The van der Waals surface area contributed by atoms with Gasteiger partial charge in [0.2, 0.25) is 11.6 Å². The molecule has 0 aliphatic carbocycles. The van der Waals surface area contributed by atoms with Gasteiger partial charge in [0.15, 0.2) is 0 Å². The van der Waals surface area contributed by atoms with Gasteiger partial charge in [0.05, 0.1) is 13.2 Å². The molecule has 0 aromatic carbocycles. The second-order valence-corrected chi connectivity index (χ2v) is 7.73. The minimum absolute atomic E-state index is 0.0322. The Labute approximate surface area is 182 Å². The molecule has 2 aliphatic rings. The maximum atomic E-state index is 12.6. The zero-order valence-corrected chi connectivity index (χ0v) is 18.1. The van der Waals surface area contributed by atoms with Gasteiger partial charge in [0, 0.05) is 19.5 Å². The molecule has 12 heteroatoms. The summed E-state index contributed by atoms with van der Waals surface area (Å²) in [6.07, 6.45) is 3.21. The predicted molar refractivity (Wildman–Crippen MR) is 112 cm³/mol. The fraction of sp³-hybridized carbons (Fsp3) is 0.842. The van der Waals surface area contributed by atoms with Crippen LogP contribution in [-0.4, -0.2) is 73.9 Å². The molecule has 2 fully saturated rings. The van der Waals surface area contributed by atoms with E-state index in [1.165, 1.54) is 0 Å². The van der Waals surface area contributed by atoms with Gasteiger partial charge in [-0.2, -0.15) is 5.48 Å². The van der Waals surface area contributed by atoms with Crippen LogP contribution in [-0.2, 0) is 19.2 Å². The first kappa shape index (κ1) is 25.3. The highest BCUT2D eigenvalue weighted by molar-refractivity contribution is 5.91. The molecule has 178 valence electrons. The van der Waals surface area contributed by atoms with Crippen LogP contribution in [0.25, 0.3) is 0 Å². The van der Waals surface area contributed by atoms with Gasteiger partial charge in [0.25, 0.3) is 0 Å². The number of rotatable bonds is 14. The van der Waals surface area contributed by atoms with Crippen molar-refractivity contribution in [2.45, 2.75) is 69.9 Å². The van der Waals surface area contributed by atoms with Crippen LogP contribution in [0.3, 0.4) is 0 Å². The molecule has 0 spiro atoms. The molecule has 0 saturated carbocycles. The van der Waals surface area contributed by atoms with Crippen molar-refractivity contribution in [1.29, 1.82) is 0 Å². The summed E-state index contributed by atoms with van der Waals surface area (Å²) in [6.45, 7) is 5.07. The fourth-order valence-electron chi connectivity index (χ4n) is 3.35. The monoisotopic (exact) mass is 444 g/mol. The molecule has 12 nitrogen and oxygen atoms in total. The van der Waals surface area contributed by atoms with Crippen molar-refractivity contribution in [2.75, 3.05) is 32.8 Å². The van der Waals surface area contributed by atoms with E-state index in [9.17, 15) is 19.5 Å². The number of carboxylic acids is 1. The third-order valence-electron chi connectivity index (χ3n) is 5.20. The van der Waals surface area contributed by atoms with Gasteiger partial charge in [0.1, 0.15) is 12.3 Å². The van der Waals surface area contributed by atoms with E-state index in [2.05, 4.69) is 32.1 Å². The molecule has 0 radical (unpaired) electrons. The van der Waals surface area contributed by atoms with E-state index < -0.39 is 29.7 Å². The molecule has 2 heterocycles. The van der Waals surface area contributed by atoms with Crippen LogP contribution < -0.4 is 32.1 Å². The third kappa shape index (κ3) is 8.57. The number of carbonyl (C=O) groups is 3. The van der Waals surface area contributed by atoms with E-state index in [1.807, 2.05) is 6.92 Å².